The number of methoxy groups -OCH3 is 1. The Hall–Kier alpha value is -3.73. The number of halogens is 1. The molecule has 204 valence electrons. The van der Waals surface area contributed by atoms with Crippen molar-refractivity contribution in [1.82, 2.24) is 14.9 Å². The number of hydrogen-bond donors (Lipinski definition) is 3. The van der Waals surface area contributed by atoms with E-state index in [2.05, 4.69) is 15.3 Å². The first-order valence-corrected chi connectivity index (χ1v) is 13.1. The SMILES string of the molecule is COc1cccc([C@H](CC(N)=O)C(O)N2Cc3ccc(-c4nc(NC5CCOCC5)ncc4Cl)cc3C2=O)c1. The van der Waals surface area contributed by atoms with Crippen LogP contribution in [0.4, 0.5) is 5.95 Å². The Bertz CT molecular complexity index is 1380. The second kappa shape index (κ2) is 11.6. The molecule has 4 N–H and O–H groups in total. The number of ether oxygens (including phenoxy) is 2. The Morgan fingerprint density at radius 3 is 2.82 bits per heavy atom. The minimum atomic E-state index is -1.29. The lowest BCUT2D eigenvalue weighted by molar-refractivity contribution is -0.120. The van der Waals surface area contributed by atoms with Crippen LogP contribution in [0.1, 0.15) is 46.7 Å². The molecule has 3 aromatic rings. The van der Waals surface area contributed by atoms with Crippen molar-refractivity contribution >= 4 is 29.4 Å². The van der Waals surface area contributed by atoms with Gasteiger partial charge >= 0.3 is 0 Å². The summed E-state index contributed by atoms with van der Waals surface area (Å²) in [6, 6.07) is 12.6. The number of primary amides is 1. The molecule has 1 aromatic heterocycles. The summed E-state index contributed by atoms with van der Waals surface area (Å²) in [4.78, 5) is 35.7. The first kappa shape index (κ1) is 26.9. The molecule has 0 radical (unpaired) electrons. The van der Waals surface area contributed by atoms with E-state index in [0.717, 1.165) is 18.4 Å². The molecule has 0 bridgehead atoms. The Labute approximate surface area is 231 Å². The number of nitrogens with one attached hydrogen (secondary N) is 1. The Balaban J connectivity index is 1.39. The molecule has 3 heterocycles. The maximum absolute atomic E-state index is 13.5. The summed E-state index contributed by atoms with van der Waals surface area (Å²) in [5.41, 5.74) is 8.48. The summed E-state index contributed by atoms with van der Waals surface area (Å²) in [6.07, 6.45) is 1.84. The van der Waals surface area contributed by atoms with Crippen LogP contribution in [-0.2, 0) is 16.1 Å². The van der Waals surface area contributed by atoms with E-state index in [1.165, 1.54) is 12.0 Å². The van der Waals surface area contributed by atoms with Crippen molar-refractivity contribution in [3.05, 3.63) is 70.4 Å². The zero-order valence-corrected chi connectivity index (χ0v) is 22.2. The predicted molar refractivity (Wildman–Crippen MR) is 145 cm³/mol. The largest absolute Gasteiger partial charge is 0.497 e. The molecule has 0 saturated carbocycles. The number of rotatable bonds is 9. The van der Waals surface area contributed by atoms with E-state index >= 15 is 0 Å². The summed E-state index contributed by atoms with van der Waals surface area (Å²) in [5.74, 6) is -0.648. The van der Waals surface area contributed by atoms with Crippen LogP contribution in [0.15, 0.2) is 48.7 Å². The van der Waals surface area contributed by atoms with Crippen LogP contribution < -0.4 is 15.8 Å². The van der Waals surface area contributed by atoms with Gasteiger partial charge in [0.15, 0.2) is 0 Å². The number of anilines is 1. The summed E-state index contributed by atoms with van der Waals surface area (Å²) in [6.45, 7) is 1.56. The van der Waals surface area contributed by atoms with Crippen LogP contribution in [0.25, 0.3) is 11.3 Å². The number of nitrogens with two attached hydrogens (primary N) is 1. The van der Waals surface area contributed by atoms with Crippen LogP contribution >= 0.6 is 11.6 Å². The standard InChI is InChI=1S/C28H30ClN5O5/c1-38-20-4-2-3-16(11-20)22(13-24(30)35)27(37)34-15-18-6-5-17(12-21(18)26(34)36)25-23(29)14-31-28(33-25)32-19-7-9-39-10-8-19/h2-6,11-12,14,19,22,27,37H,7-10,13,15H2,1H3,(H2,30,35)(H,31,32,33)/t22-,27?/m0/s1. The molecule has 5 rings (SSSR count). The highest BCUT2D eigenvalue weighted by Crippen LogP contribution is 2.36. The molecule has 2 amide bonds. The van der Waals surface area contributed by atoms with Gasteiger partial charge in [0.1, 0.15) is 12.0 Å². The van der Waals surface area contributed by atoms with Crippen molar-refractivity contribution in [3.63, 3.8) is 0 Å². The summed E-state index contributed by atoms with van der Waals surface area (Å²) in [7, 11) is 1.53. The lowest BCUT2D eigenvalue weighted by Crippen LogP contribution is -2.41. The third-order valence-corrected chi connectivity index (χ3v) is 7.41. The van der Waals surface area contributed by atoms with E-state index in [4.69, 9.17) is 26.8 Å². The number of nitrogens with zero attached hydrogens (tertiary/aromatic N) is 3. The maximum Gasteiger partial charge on any atom is 0.256 e. The van der Waals surface area contributed by atoms with Crippen molar-refractivity contribution in [2.24, 2.45) is 5.73 Å². The molecule has 10 nitrogen and oxygen atoms in total. The third-order valence-electron chi connectivity index (χ3n) is 7.14. The smallest absolute Gasteiger partial charge is 0.256 e. The molecule has 2 aliphatic rings. The Morgan fingerprint density at radius 2 is 2.08 bits per heavy atom. The molecule has 1 unspecified atom stereocenters. The molecule has 1 fully saturated rings. The summed E-state index contributed by atoms with van der Waals surface area (Å²) < 4.78 is 10.7. The number of carbonyl (C=O) groups excluding carboxylic acids is 2. The van der Waals surface area contributed by atoms with Gasteiger partial charge in [-0.05, 0) is 42.2 Å². The monoisotopic (exact) mass is 551 g/mol. The Kier molecular flexibility index (Phi) is 7.97. The highest BCUT2D eigenvalue weighted by Gasteiger charge is 2.37. The fourth-order valence-electron chi connectivity index (χ4n) is 5.05. The second-order valence-electron chi connectivity index (χ2n) is 9.69. The van der Waals surface area contributed by atoms with E-state index < -0.39 is 18.1 Å². The summed E-state index contributed by atoms with van der Waals surface area (Å²) >= 11 is 6.46. The number of hydrogen-bond acceptors (Lipinski definition) is 8. The van der Waals surface area contributed by atoms with E-state index in [0.29, 0.717) is 52.3 Å². The predicted octanol–water partition coefficient (Wildman–Crippen LogP) is 3.33. The molecule has 0 spiro atoms. The molecular formula is C28H30ClN5O5. The summed E-state index contributed by atoms with van der Waals surface area (Å²) in [5, 5.41) is 15.0. The molecule has 2 atom stereocenters. The third kappa shape index (κ3) is 5.83. The van der Waals surface area contributed by atoms with Crippen LogP contribution in [0.5, 0.6) is 5.75 Å². The van der Waals surface area contributed by atoms with Gasteiger partial charge < -0.3 is 30.5 Å². The molecule has 11 heteroatoms. The van der Waals surface area contributed by atoms with Gasteiger partial charge in [0.2, 0.25) is 11.9 Å². The quantitative estimate of drug-likeness (QED) is 0.368. The minimum absolute atomic E-state index is 0.140. The average Bonchev–Trinajstić information content (AvgIpc) is 3.28. The number of carbonyl (C=O) groups is 2. The molecule has 0 aliphatic carbocycles. The fourth-order valence-corrected chi connectivity index (χ4v) is 5.25. The van der Waals surface area contributed by atoms with Gasteiger partial charge in [-0.15, -0.1) is 0 Å². The number of aliphatic hydroxyl groups is 1. The van der Waals surface area contributed by atoms with Crippen LogP contribution in [0.2, 0.25) is 5.02 Å². The van der Waals surface area contributed by atoms with Crippen molar-refractivity contribution in [2.75, 3.05) is 25.6 Å². The normalized spacial score (nSPS) is 17.0. The van der Waals surface area contributed by atoms with Crippen molar-refractivity contribution in [2.45, 2.75) is 44.0 Å². The van der Waals surface area contributed by atoms with Gasteiger partial charge in [-0.3, -0.25) is 9.59 Å². The first-order chi connectivity index (χ1) is 18.8. The van der Waals surface area contributed by atoms with Gasteiger partial charge in [0.25, 0.3) is 5.91 Å². The van der Waals surface area contributed by atoms with E-state index in [1.807, 2.05) is 12.1 Å². The number of benzene rings is 2. The highest BCUT2D eigenvalue weighted by molar-refractivity contribution is 6.33. The Morgan fingerprint density at radius 1 is 1.28 bits per heavy atom. The lowest BCUT2D eigenvalue weighted by Gasteiger charge is -2.30. The van der Waals surface area contributed by atoms with E-state index in [9.17, 15) is 14.7 Å². The van der Waals surface area contributed by atoms with E-state index in [-0.39, 0.29) is 24.9 Å². The fraction of sp³-hybridized carbons (Fsp3) is 0.357. The van der Waals surface area contributed by atoms with Crippen LogP contribution in [-0.4, -0.2) is 64.4 Å². The van der Waals surface area contributed by atoms with Crippen LogP contribution in [0, 0.1) is 0 Å². The molecule has 1 saturated heterocycles. The number of fused-ring (bicyclic) bond motifs is 1. The molecule has 2 aliphatic heterocycles. The van der Waals surface area contributed by atoms with Crippen LogP contribution in [0.3, 0.4) is 0 Å². The zero-order chi connectivity index (χ0) is 27.5. The van der Waals surface area contributed by atoms with E-state index in [1.54, 1.807) is 36.5 Å². The van der Waals surface area contributed by atoms with Crippen molar-refractivity contribution in [3.8, 4) is 17.0 Å². The van der Waals surface area contributed by atoms with Gasteiger partial charge in [-0.25, -0.2) is 9.97 Å². The number of aromatic nitrogens is 2. The van der Waals surface area contributed by atoms with Gasteiger partial charge in [0.05, 0.1) is 24.0 Å². The lowest BCUT2D eigenvalue weighted by atomic mass is 9.92. The maximum atomic E-state index is 13.5. The molecule has 39 heavy (non-hydrogen) atoms. The number of aliphatic hydroxyl groups excluding tert-OH is 1. The topological polar surface area (TPSA) is 140 Å². The van der Waals surface area contributed by atoms with Gasteiger partial charge in [-0.1, -0.05) is 35.9 Å². The minimum Gasteiger partial charge on any atom is -0.497 e. The average molecular weight is 552 g/mol. The first-order valence-electron chi connectivity index (χ1n) is 12.8. The number of amides is 2. The molecular weight excluding hydrogens is 522 g/mol. The zero-order valence-electron chi connectivity index (χ0n) is 21.5. The van der Waals surface area contributed by atoms with Gasteiger partial charge in [0, 0.05) is 49.3 Å². The highest BCUT2D eigenvalue weighted by atomic mass is 35.5. The van der Waals surface area contributed by atoms with Crippen molar-refractivity contribution < 1.29 is 24.2 Å². The van der Waals surface area contributed by atoms with Gasteiger partial charge in [-0.2, -0.15) is 0 Å². The second-order valence-corrected chi connectivity index (χ2v) is 10.1. The molecule has 2 aromatic carbocycles. The van der Waals surface area contributed by atoms with Crippen molar-refractivity contribution in [1.29, 1.82) is 0 Å².